The number of carboxylic acids is 1. The second kappa shape index (κ2) is 14.6. The Hall–Kier alpha value is -2.73. The van der Waals surface area contributed by atoms with E-state index in [1.54, 1.807) is 0 Å². The average Bonchev–Trinajstić information content (AvgIpc) is 3.35. The summed E-state index contributed by atoms with van der Waals surface area (Å²) in [4.78, 5) is 29.0. The summed E-state index contributed by atoms with van der Waals surface area (Å²) in [5.74, 6) is -0.330. The minimum Gasteiger partial charge on any atom is -0.478 e. The quantitative estimate of drug-likeness (QED) is 0.0444. The summed E-state index contributed by atoms with van der Waals surface area (Å²) in [6.07, 6.45) is 7.05. The molecule has 236 valence electrons. The van der Waals surface area contributed by atoms with Gasteiger partial charge in [0.05, 0.1) is 18.2 Å². The Morgan fingerprint density at radius 1 is 1.26 bits per heavy atom. The number of nitrogens with one attached hydrogen (secondary N) is 2. The van der Waals surface area contributed by atoms with E-state index < -0.39 is 24.3 Å². The Balaban J connectivity index is 1.68. The van der Waals surface area contributed by atoms with Crippen molar-refractivity contribution in [1.29, 1.82) is 5.41 Å². The molecule has 2 aliphatic carbocycles. The summed E-state index contributed by atoms with van der Waals surface area (Å²) in [5, 5.41) is 43.4. The number of carbonyl (C=O) groups is 1. The Morgan fingerprint density at radius 3 is 2.52 bits per heavy atom. The standard InChI is InChI=1S/C31H50N4O7/c1-6-22(34-29(32)33)12-7-19(2)18-40-41-23-13-14-24(20-8-10-21(11-9-20)30(3,4)5)25(15-23)26-16-31(28(38)39,42-35-26)17-27(36)37/h6,20-21,23,27,36-37H,2,7-18H2,1,3-5H3,(H,38,39)(H4,32,33,34)/b22-6+/t20?,21?,23-,31?/m0/s1. The number of guanidine groups is 1. The fourth-order valence-electron chi connectivity index (χ4n) is 6.37. The van der Waals surface area contributed by atoms with E-state index in [0.717, 1.165) is 55.4 Å². The second-order valence-electron chi connectivity index (χ2n) is 13.0. The van der Waals surface area contributed by atoms with E-state index in [4.69, 9.17) is 25.8 Å². The Kier molecular flexibility index (Phi) is 11.8. The molecule has 1 heterocycles. The molecular weight excluding hydrogens is 540 g/mol. The lowest BCUT2D eigenvalue weighted by atomic mass is 9.66. The van der Waals surface area contributed by atoms with Crippen LogP contribution < -0.4 is 11.1 Å². The monoisotopic (exact) mass is 590 g/mol. The van der Waals surface area contributed by atoms with Gasteiger partial charge in [-0.2, -0.15) is 0 Å². The molecule has 0 aromatic rings. The molecule has 3 rings (SSSR count). The molecule has 1 aliphatic heterocycles. The summed E-state index contributed by atoms with van der Waals surface area (Å²) in [7, 11) is 0. The van der Waals surface area contributed by atoms with Crippen LogP contribution in [0.5, 0.6) is 0 Å². The van der Waals surface area contributed by atoms with Gasteiger partial charge < -0.3 is 31.2 Å². The molecule has 1 unspecified atom stereocenters. The van der Waals surface area contributed by atoms with Crippen LogP contribution in [0.25, 0.3) is 0 Å². The van der Waals surface area contributed by atoms with Crippen molar-refractivity contribution < 1.29 is 34.7 Å². The molecule has 11 nitrogen and oxygen atoms in total. The molecule has 0 bridgehead atoms. The van der Waals surface area contributed by atoms with Crippen molar-refractivity contribution in [1.82, 2.24) is 5.32 Å². The number of allylic oxidation sites excluding steroid dienone is 3. The maximum Gasteiger partial charge on any atom is 0.351 e. The van der Waals surface area contributed by atoms with Crippen LogP contribution in [0.2, 0.25) is 0 Å². The van der Waals surface area contributed by atoms with Gasteiger partial charge in [-0.05, 0) is 86.7 Å². The number of hydrogen-bond donors (Lipinski definition) is 6. The highest BCUT2D eigenvalue weighted by atomic mass is 17.2. The molecule has 1 saturated carbocycles. The van der Waals surface area contributed by atoms with E-state index in [1.165, 1.54) is 5.57 Å². The average molecular weight is 591 g/mol. The first-order valence-corrected chi connectivity index (χ1v) is 15.0. The predicted octanol–water partition coefficient (Wildman–Crippen LogP) is 4.66. The highest BCUT2D eigenvalue weighted by Crippen LogP contribution is 2.46. The van der Waals surface area contributed by atoms with Gasteiger partial charge in [-0.1, -0.05) is 44.2 Å². The normalized spacial score (nSPS) is 27.1. The summed E-state index contributed by atoms with van der Waals surface area (Å²) < 4.78 is 0. The maximum absolute atomic E-state index is 12.1. The first-order chi connectivity index (χ1) is 19.7. The number of nitrogens with zero attached hydrogens (tertiary/aromatic N) is 1. The number of nitrogens with two attached hydrogens (primary N) is 1. The number of aliphatic hydroxyl groups excluding tert-OH is 1. The smallest absolute Gasteiger partial charge is 0.351 e. The van der Waals surface area contributed by atoms with Crippen molar-refractivity contribution in [2.75, 3.05) is 6.61 Å². The Labute approximate surface area is 249 Å². The molecule has 0 spiro atoms. The van der Waals surface area contributed by atoms with E-state index in [0.29, 0.717) is 36.8 Å². The number of oxime groups is 1. The van der Waals surface area contributed by atoms with Gasteiger partial charge in [0.15, 0.2) is 12.2 Å². The van der Waals surface area contributed by atoms with Crippen molar-refractivity contribution in [2.24, 2.45) is 28.1 Å². The SMILES string of the molecule is C=C(CC/C(=C\C)NC(=N)N)COO[C@H]1CCC(C2CCC(C(C)(C)C)CC2)=C(C2=NOC(CC(O)O)(C(=O)O)C2)C1. The van der Waals surface area contributed by atoms with Gasteiger partial charge in [-0.15, -0.1) is 0 Å². The van der Waals surface area contributed by atoms with Crippen LogP contribution in [0.4, 0.5) is 0 Å². The van der Waals surface area contributed by atoms with E-state index in [-0.39, 0.29) is 30.5 Å². The van der Waals surface area contributed by atoms with Crippen LogP contribution >= 0.6 is 0 Å². The largest absolute Gasteiger partial charge is 0.478 e. The fourth-order valence-corrected chi connectivity index (χ4v) is 6.37. The molecule has 42 heavy (non-hydrogen) atoms. The lowest BCUT2D eigenvalue weighted by Gasteiger charge is -2.39. The molecule has 1 fully saturated rings. The van der Waals surface area contributed by atoms with Crippen molar-refractivity contribution in [3.63, 3.8) is 0 Å². The highest BCUT2D eigenvalue weighted by Gasteiger charge is 2.49. The molecule has 0 amide bonds. The number of carboxylic acid groups (broad SMARTS) is 1. The topological polar surface area (TPSA) is 180 Å². The van der Waals surface area contributed by atoms with E-state index in [1.807, 2.05) is 13.0 Å². The summed E-state index contributed by atoms with van der Waals surface area (Å²) in [6, 6.07) is 0. The van der Waals surface area contributed by atoms with Gasteiger partial charge in [-0.25, -0.2) is 14.6 Å². The lowest BCUT2D eigenvalue weighted by Crippen LogP contribution is -2.42. The minimum atomic E-state index is -1.83. The molecule has 11 heteroatoms. The van der Waals surface area contributed by atoms with Crippen LogP contribution in [0.3, 0.4) is 0 Å². The van der Waals surface area contributed by atoms with Crippen LogP contribution in [0.1, 0.15) is 98.3 Å². The third-order valence-electron chi connectivity index (χ3n) is 8.89. The highest BCUT2D eigenvalue weighted by molar-refractivity contribution is 6.05. The third kappa shape index (κ3) is 9.13. The zero-order valence-corrected chi connectivity index (χ0v) is 25.6. The zero-order valence-electron chi connectivity index (χ0n) is 25.6. The number of rotatable bonds is 13. The van der Waals surface area contributed by atoms with Crippen molar-refractivity contribution >= 4 is 17.6 Å². The van der Waals surface area contributed by atoms with Crippen molar-refractivity contribution in [2.45, 2.75) is 116 Å². The molecule has 3 aliphatic rings. The predicted molar refractivity (Wildman–Crippen MR) is 160 cm³/mol. The third-order valence-corrected chi connectivity index (χ3v) is 8.89. The van der Waals surface area contributed by atoms with E-state index >= 15 is 0 Å². The van der Waals surface area contributed by atoms with Crippen LogP contribution in [-0.2, 0) is 19.4 Å². The first kappa shape index (κ1) is 33.8. The molecular formula is C31H50N4O7. The van der Waals surface area contributed by atoms with Gasteiger partial charge in [0.1, 0.15) is 6.61 Å². The molecule has 0 radical (unpaired) electrons. The zero-order chi connectivity index (χ0) is 31.1. The van der Waals surface area contributed by atoms with Crippen LogP contribution in [0, 0.1) is 22.7 Å². The van der Waals surface area contributed by atoms with E-state index in [2.05, 4.69) is 37.8 Å². The summed E-state index contributed by atoms with van der Waals surface area (Å²) >= 11 is 0. The van der Waals surface area contributed by atoms with Gasteiger partial charge in [0.25, 0.3) is 0 Å². The summed E-state index contributed by atoms with van der Waals surface area (Å²) in [6.45, 7) is 13.1. The minimum absolute atomic E-state index is 0.0396. The lowest BCUT2D eigenvalue weighted by molar-refractivity contribution is -0.319. The molecule has 0 aromatic carbocycles. The Bertz CT molecular complexity index is 1080. The van der Waals surface area contributed by atoms with Gasteiger partial charge in [-0.3, -0.25) is 5.41 Å². The second-order valence-corrected chi connectivity index (χ2v) is 13.0. The molecule has 0 aromatic heterocycles. The number of hydrogen-bond acceptors (Lipinski definition) is 8. The van der Waals surface area contributed by atoms with Gasteiger partial charge in [0.2, 0.25) is 5.60 Å². The van der Waals surface area contributed by atoms with Crippen molar-refractivity contribution in [3.05, 3.63) is 35.1 Å². The summed E-state index contributed by atoms with van der Waals surface area (Å²) in [5.41, 5.74) is 8.33. The number of aliphatic carboxylic acids is 1. The maximum atomic E-state index is 12.1. The van der Waals surface area contributed by atoms with Gasteiger partial charge in [0, 0.05) is 18.5 Å². The first-order valence-electron chi connectivity index (χ1n) is 15.0. The van der Waals surface area contributed by atoms with Crippen molar-refractivity contribution in [3.8, 4) is 0 Å². The molecule has 7 N–H and O–H groups in total. The molecule has 2 atom stereocenters. The van der Waals surface area contributed by atoms with E-state index in [9.17, 15) is 20.1 Å². The Morgan fingerprint density at radius 2 is 1.95 bits per heavy atom. The van der Waals surface area contributed by atoms with Crippen LogP contribution in [-0.4, -0.2) is 57.6 Å². The van der Waals surface area contributed by atoms with Gasteiger partial charge >= 0.3 is 5.97 Å². The fraction of sp³-hybridized carbons (Fsp3) is 0.710. The molecule has 0 saturated heterocycles. The number of aliphatic hydroxyl groups is 2. The van der Waals surface area contributed by atoms with Crippen LogP contribution in [0.15, 0.2) is 40.2 Å².